The molecule has 4 heteroatoms. The molecule has 1 aromatic rings. The minimum Gasteiger partial charge on any atom is -0.315 e. The SMILES string of the molecule is Cl.Clc1ccc(C2CNC2)cn1. The maximum absolute atomic E-state index is 5.65. The second kappa shape index (κ2) is 4.08. The predicted octanol–water partition coefficient (Wildman–Crippen LogP) is 1.84. The summed E-state index contributed by atoms with van der Waals surface area (Å²) in [5, 5.41) is 3.78. The van der Waals surface area contributed by atoms with Gasteiger partial charge in [0.2, 0.25) is 0 Å². The van der Waals surface area contributed by atoms with E-state index in [-0.39, 0.29) is 12.4 Å². The monoisotopic (exact) mass is 204 g/mol. The first-order valence-corrected chi connectivity index (χ1v) is 4.06. The number of aromatic nitrogens is 1. The fraction of sp³-hybridized carbons (Fsp3) is 0.375. The summed E-state index contributed by atoms with van der Waals surface area (Å²) in [6, 6.07) is 3.88. The second-order valence-corrected chi connectivity index (χ2v) is 3.16. The molecule has 0 aromatic carbocycles. The number of hydrogen-bond acceptors (Lipinski definition) is 2. The van der Waals surface area contributed by atoms with E-state index in [4.69, 9.17) is 11.6 Å². The van der Waals surface area contributed by atoms with Gasteiger partial charge in [0.25, 0.3) is 0 Å². The average Bonchev–Trinajstić information content (AvgIpc) is 1.90. The van der Waals surface area contributed by atoms with Crippen molar-refractivity contribution >= 4 is 24.0 Å². The predicted molar refractivity (Wildman–Crippen MR) is 52.1 cm³/mol. The van der Waals surface area contributed by atoms with Crippen LogP contribution in [0.1, 0.15) is 11.5 Å². The van der Waals surface area contributed by atoms with Gasteiger partial charge in [-0.1, -0.05) is 17.7 Å². The van der Waals surface area contributed by atoms with Crippen LogP contribution < -0.4 is 5.32 Å². The highest BCUT2D eigenvalue weighted by Crippen LogP contribution is 2.19. The zero-order chi connectivity index (χ0) is 7.68. The van der Waals surface area contributed by atoms with Crippen LogP contribution in [-0.2, 0) is 0 Å². The van der Waals surface area contributed by atoms with Gasteiger partial charge in [-0.15, -0.1) is 12.4 Å². The lowest BCUT2D eigenvalue weighted by molar-refractivity contribution is 0.447. The molecule has 1 aliphatic rings. The van der Waals surface area contributed by atoms with Crippen LogP contribution >= 0.6 is 24.0 Å². The Morgan fingerprint density at radius 3 is 2.58 bits per heavy atom. The van der Waals surface area contributed by atoms with E-state index in [9.17, 15) is 0 Å². The van der Waals surface area contributed by atoms with Gasteiger partial charge in [-0.05, 0) is 11.6 Å². The molecule has 1 aliphatic heterocycles. The first kappa shape index (κ1) is 9.78. The molecular weight excluding hydrogens is 195 g/mol. The Labute approximate surface area is 82.7 Å². The van der Waals surface area contributed by atoms with Crippen LogP contribution in [0.2, 0.25) is 5.15 Å². The molecule has 2 heterocycles. The van der Waals surface area contributed by atoms with E-state index in [0.717, 1.165) is 13.1 Å². The topological polar surface area (TPSA) is 24.9 Å². The fourth-order valence-electron chi connectivity index (χ4n) is 1.15. The van der Waals surface area contributed by atoms with Gasteiger partial charge in [0.1, 0.15) is 5.15 Å². The van der Waals surface area contributed by atoms with Crippen molar-refractivity contribution in [1.82, 2.24) is 10.3 Å². The number of nitrogens with one attached hydrogen (secondary N) is 1. The molecule has 0 spiro atoms. The van der Waals surface area contributed by atoms with Gasteiger partial charge in [0.15, 0.2) is 0 Å². The van der Waals surface area contributed by atoms with E-state index >= 15 is 0 Å². The van der Waals surface area contributed by atoms with Crippen molar-refractivity contribution in [2.75, 3.05) is 13.1 Å². The molecule has 0 amide bonds. The van der Waals surface area contributed by atoms with Crippen molar-refractivity contribution in [1.29, 1.82) is 0 Å². The first-order chi connectivity index (χ1) is 5.36. The third-order valence-electron chi connectivity index (χ3n) is 2.00. The molecule has 2 rings (SSSR count). The van der Waals surface area contributed by atoms with Gasteiger partial charge in [-0.3, -0.25) is 0 Å². The Balaban J connectivity index is 0.000000720. The first-order valence-electron chi connectivity index (χ1n) is 3.68. The van der Waals surface area contributed by atoms with Crippen LogP contribution in [0, 0.1) is 0 Å². The van der Waals surface area contributed by atoms with E-state index in [1.807, 2.05) is 18.3 Å². The van der Waals surface area contributed by atoms with Gasteiger partial charge < -0.3 is 5.32 Å². The lowest BCUT2D eigenvalue weighted by Crippen LogP contribution is -2.39. The van der Waals surface area contributed by atoms with E-state index in [1.165, 1.54) is 5.56 Å². The molecule has 0 bridgehead atoms. The minimum absolute atomic E-state index is 0. The lowest BCUT2D eigenvalue weighted by Gasteiger charge is -2.26. The van der Waals surface area contributed by atoms with Crippen molar-refractivity contribution in [3.63, 3.8) is 0 Å². The summed E-state index contributed by atoms with van der Waals surface area (Å²) in [7, 11) is 0. The number of hydrogen-bond donors (Lipinski definition) is 1. The van der Waals surface area contributed by atoms with Crippen molar-refractivity contribution in [3.05, 3.63) is 29.0 Å². The van der Waals surface area contributed by atoms with Gasteiger partial charge in [-0.25, -0.2) is 4.98 Å². The van der Waals surface area contributed by atoms with Crippen molar-refractivity contribution in [2.45, 2.75) is 5.92 Å². The fourth-order valence-corrected chi connectivity index (χ4v) is 1.26. The van der Waals surface area contributed by atoms with E-state index in [0.29, 0.717) is 11.1 Å². The van der Waals surface area contributed by atoms with E-state index in [1.54, 1.807) is 0 Å². The lowest BCUT2D eigenvalue weighted by atomic mass is 9.96. The Bertz CT molecular complexity index is 244. The highest BCUT2D eigenvalue weighted by Gasteiger charge is 2.18. The zero-order valence-electron chi connectivity index (χ0n) is 6.46. The van der Waals surface area contributed by atoms with Crippen molar-refractivity contribution in [2.24, 2.45) is 0 Å². The smallest absolute Gasteiger partial charge is 0.129 e. The number of rotatable bonds is 1. The Kier molecular flexibility index (Phi) is 3.32. The summed E-state index contributed by atoms with van der Waals surface area (Å²) in [6.07, 6.45) is 1.86. The molecule has 0 saturated carbocycles. The van der Waals surface area contributed by atoms with Crippen LogP contribution in [0.5, 0.6) is 0 Å². The summed E-state index contributed by atoms with van der Waals surface area (Å²) >= 11 is 5.65. The normalized spacial score (nSPS) is 16.4. The maximum atomic E-state index is 5.65. The molecular formula is C8H10Cl2N2. The molecule has 0 unspecified atom stereocenters. The summed E-state index contributed by atoms with van der Waals surface area (Å²) in [5.41, 5.74) is 1.29. The highest BCUT2D eigenvalue weighted by molar-refractivity contribution is 6.29. The van der Waals surface area contributed by atoms with E-state index < -0.39 is 0 Å². The Morgan fingerprint density at radius 1 is 1.42 bits per heavy atom. The molecule has 0 atom stereocenters. The molecule has 12 heavy (non-hydrogen) atoms. The van der Waals surface area contributed by atoms with E-state index in [2.05, 4.69) is 10.3 Å². The number of nitrogens with zero attached hydrogens (tertiary/aromatic N) is 1. The summed E-state index contributed by atoms with van der Waals surface area (Å²) in [5.74, 6) is 0.653. The van der Waals surface area contributed by atoms with Crippen LogP contribution in [-0.4, -0.2) is 18.1 Å². The zero-order valence-corrected chi connectivity index (χ0v) is 8.03. The Hall–Kier alpha value is -0.310. The summed E-state index contributed by atoms with van der Waals surface area (Å²) < 4.78 is 0. The molecule has 0 radical (unpaired) electrons. The highest BCUT2D eigenvalue weighted by atomic mass is 35.5. The van der Waals surface area contributed by atoms with Gasteiger partial charge in [-0.2, -0.15) is 0 Å². The van der Waals surface area contributed by atoms with Crippen LogP contribution in [0.3, 0.4) is 0 Å². The van der Waals surface area contributed by atoms with Crippen LogP contribution in [0.4, 0.5) is 0 Å². The molecule has 1 saturated heterocycles. The molecule has 0 aliphatic carbocycles. The summed E-state index contributed by atoms with van der Waals surface area (Å²) in [6.45, 7) is 2.15. The average molecular weight is 205 g/mol. The minimum atomic E-state index is 0. The third kappa shape index (κ3) is 1.89. The number of halogens is 2. The third-order valence-corrected chi connectivity index (χ3v) is 2.23. The largest absolute Gasteiger partial charge is 0.315 e. The quantitative estimate of drug-likeness (QED) is 0.707. The van der Waals surface area contributed by atoms with Crippen LogP contribution in [0.15, 0.2) is 18.3 Å². The van der Waals surface area contributed by atoms with Crippen LogP contribution in [0.25, 0.3) is 0 Å². The Morgan fingerprint density at radius 2 is 2.17 bits per heavy atom. The van der Waals surface area contributed by atoms with Gasteiger partial charge in [0.05, 0.1) is 0 Å². The maximum Gasteiger partial charge on any atom is 0.129 e. The molecule has 1 N–H and O–H groups in total. The van der Waals surface area contributed by atoms with Crippen molar-refractivity contribution in [3.8, 4) is 0 Å². The summed E-state index contributed by atoms with van der Waals surface area (Å²) in [4.78, 5) is 4.02. The second-order valence-electron chi connectivity index (χ2n) is 2.77. The molecule has 1 aromatic heterocycles. The van der Waals surface area contributed by atoms with Crippen molar-refractivity contribution < 1.29 is 0 Å². The molecule has 66 valence electrons. The number of pyridine rings is 1. The van der Waals surface area contributed by atoms with Gasteiger partial charge >= 0.3 is 0 Å². The van der Waals surface area contributed by atoms with Gasteiger partial charge in [0, 0.05) is 25.2 Å². The standard InChI is InChI=1S/C8H9ClN2.ClH/c9-8-2-1-6(5-11-8)7-3-10-4-7;/h1-2,5,7,10H,3-4H2;1H. The molecule has 1 fully saturated rings. The molecule has 2 nitrogen and oxygen atoms in total.